The number of nitrogens with one attached hydrogen (secondary N) is 1. The van der Waals surface area contributed by atoms with Crippen LogP contribution in [-0.4, -0.2) is 9.55 Å². The first-order valence-electron chi connectivity index (χ1n) is 7.07. The molecule has 4 heteroatoms. The largest absolute Gasteiger partial charge is 0.306 e. The second-order valence-corrected chi connectivity index (χ2v) is 5.99. The molecule has 1 atom stereocenters. The van der Waals surface area contributed by atoms with E-state index in [1.807, 2.05) is 17.1 Å². The van der Waals surface area contributed by atoms with Crippen LogP contribution < -0.4 is 5.32 Å². The van der Waals surface area contributed by atoms with Crippen molar-refractivity contribution in [1.82, 2.24) is 14.9 Å². The van der Waals surface area contributed by atoms with Gasteiger partial charge in [0.05, 0.1) is 6.33 Å². The van der Waals surface area contributed by atoms with Gasteiger partial charge in [0.15, 0.2) is 0 Å². The fraction of sp³-hybridized carbons (Fsp3) is 0.235. The maximum absolute atomic E-state index is 4.07. The van der Waals surface area contributed by atoms with Gasteiger partial charge in [-0.25, -0.2) is 4.98 Å². The van der Waals surface area contributed by atoms with E-state index in [1.165, 1.54) is 16.7 Å². The summed E-state index contributed by atoms with van der Waals surface area (Å²) in [6, 6.07) is 8.94. The molecule has 1 aromatic carbocycles. The third kappa shape index (κ3) is 3.23. The molecule has 0 aliphatic heterocycles. The Morgan fingerprint density at radius 1 is 1.24 bits per heavy atom. The van der Waals surface area contributed by atoms with Crippen molar-refractivity contribution >= 4 is 11.3 Å². The number of nitrogens with zero attached hydrogens (tertiary/aromatic N) is 2. The van der Waals surface area contributed by atoms with Gasteiger partial charge in [0, 0.05) is 30.7 Å². The lowest BCUT2D eigenvalue weighted by Gasteiger charge is -2.15. The van der Waals surface area contributed by atoms with Gasteiger partial charge >= 0.3 is 0 Å². The third-order valence-corrected chi connectivity index (χ3v) is 4.67. The highest BCUT2D eigenvalue weighted by Gasteiger charge is 2.06. The molecule has 1 N–H and O–H groups in total. The van der Waals surface area contributed by atoms with Gasteiger partial charge in [0.1, 0.15) is 0 Å². The second-order valence-electron chi connectivity index (χ2n) is 5.24. The minimum Gasteiger partial charge on any atom is -0.306 e. The molecule has 1 unspecified atom stereocenters. The van der Waals surface area contributed by atoms with Crippen LogP contribution in [0.2, 0.25) is 0 Å². The lowest BCUT2D eigenvalue weighted by molar-refractivity contribution is 0.574. The summed E-state index contributed by atoms with van der Waals surface area (Å²) in [5.74, 6) is 0. The molecule has 2 aromatic heterocycles. The monoisotopic (exact) mass is 297 g/mol. The van der Waals surface area contributed by atoms with Crippen LogP contribution in [0, 0.1) is 6.92 Å². The summed E-state index contributed by atoms with van der Waals surface area (Å²) >= 11 is 1.77. The molecule has 3 aromatic rings. The molecule has 0 radical (unpaired) electrons. The van der Waals surface area contributed by atoms with Gasteiger partial charge in [-0.1, -0.05) is 12.1 Å². The quantitative estimate of drug-likeness (QED) is 0.768. The maximum atomic E-state index is 4.07. The Hall–Kier alpha value is -1.91. The molecule has 0 aliphatic carbocycles. The van der Waals surface area contributed by atoms with E-state index in [4.69, 9.17) is 0 Å². The van der Waals surface area contributed by atoms with Crippen molar-refractivity contribution in [2.45, 2.75) is 26.4 Å². The number of imidazole rings is 1. The predicted octanol–water partition coefficient (Wildman–Crippen LogP) is 4.09. The Labute approximate surface area is 129 Å². The zero-order chi connectivity index (χ0) is 14.7. The van der Waals surface area contributed by atoms with E-state index < -0.39 is 0 Å². The number of aromatic nitrogens is 2. The van der Waals surface area contributed by atoms with Crippen molar-refractivity contribution in [1.29, 1.82) is 0 Å². The van der Waals surface area contributed by atoms with Gasteiger partial charge in [0.2, 0.25) is 0 Å². The van der Waals surface area contributed by atoms with Gasteiger partial charge < -0.3 is 9.88 Å². The van der Waals surface area contributed by atoms with Crippen LogP contribution in [0.15, 0.2) is 53.7 Å². The molecule has 0 saturated carbocycles. The van der Waals surface area contributed by atoms with Crippen LogP contribution in [-0.2, 0) is 6.54 Å². The molecule has 3 rings (SSSR count). The minimum absolute atomic E-state index is 0.334. The molecule has 108 valence electrons. The zero-order valence-corrected chi connectivity index (χ0v) is 13.1. The fourth-order valence-corrected chi connectivity index (χ4v) is 3.15. The summed E-state index contributed by atoms with van der Waals surface area (Å²) in [5.41, 5.74) is 5.20. The van der Waals surface area contributed by atoms with Crippen LogP contribution in [0.5, 0.6) is 0 Å². The molecule has 0 saturated heterocycles. The van der Waals surface area contributed by atoms with Gasteiger partial charge in [-0.2, -0.15) is 11.3 Å². The smallest absolute Gasteiger partial charge is 0.0991 e. The lowest BCUT2D eigenvalue weighted by atomic mass is 10.1. The van der Waals surface area contributed by atoms with Crippen LogP contribution in [0.4, 0.5) is 0 Å². The summed E-state index contributed by atoms with van der Waals surface area (Å²) in [6.45, 7) is 5.28. The standard InChI is InChI=1S/C17H19N3S/c1-13-10-21-11-16(13)9-19-14(2)15-3-5-17(6-4-15)20-8-7-18-12-20/h3-8,10-12,14,19H,9H2,1-2H3. The molecule has 0 bridgehead atoms. The van der Waals surface area contributed by atoms with Crippen molar-refractivity contribution < 1.29 is 0 Å². The van der Waals surface area contributed by atoms with E-state index in [0.29, 0.717) is 6.04 Å². The second kappa shape index (κ2) is 6.24. The zero-order valence-electron chi connectivity index (χ0n) is 12.3. The van der Waals surface area contributed by atoms with Gasteiger partial charge in [-0.15, -0.1) is 0 Å². The highest BCUT2D eigenvalue weighted by Crippen LogP contribution is 2.18. The van der Waals surface area contributed by atoms with E-state index >= 15 is 0 Å². The van der Waals surface area contributed by atoms with Gasteiger partial charge in [0.25, 0.3) is 0 Å². The van der Waals surface area contributed by atoms with Crippen molar-refractivity contribution in [3.05, 3.63) is 70.4 Å². The molecule has 0 amide bonds. The summed E-state index contributed by atoms with van der Waals surface area (Å²) in [6.07, 6.45) is 5.56. The first kappa shape index (κ1) is 14.0. The van der Waals surface area contributed by atoms with Gasteiger partial charge in [-0.05, 0) is 53.4 Å². The molecule has 2 heterocycles. The molecule has 21 heavy (non-hydrogen) atoms. The molecule has 0 spiro atoms. The number of benzene rings is 1. The first-order valence-corrected chi connectivity index (χ1v) is 8.01. The summed E-state index contributed by atoms with van der Waals surface area (Å²) < 4.78 is 2.01. The Morgan fingerprint density at radius 2 is 2.05 bits per heavy atom. The number of hydrogen-bond donors (Lipinski definition) is 1. The number of aryl methyl sites for hydroxylation is 1. The SMILES string of the molecule is Cc1cscc1CNC(C)c1ccc(-n2ccnc2)cc1. The Balaban J connectivity index is 1.65. The predicted molar refractivity (Wildman–Crippen MR) is 87.9 cm³/mol. The highest BCUT2D eigenvalue weighted by atomic mass is 32.1. The van der Waals surface area contributed by atoms with Crippen LogP contribution in [0.3, 0.4) is 0 Å². The van der Waals surface area contributed by atoms with E-state index in [2.05, 4.69) is 59.2 Å². The molecular weight excluding hydrogens is 278 g/mol. The summed E-state index contributed by atoms with van der Waals surface area (Å²) in [7, 11) is 0. The highest BCUT2D eigenvalue weighted by molar-refractivity contribution is 7.08. The van der Waals surface area contributed by atoms with Crippen molar-refractivity contribution in [3.8, 4) is 5.69 Å². The third-order valence-electron chi connectivity index (χ3n) is 3.76. The van der Waals surface area contributed by atoms with Crippen LogP contribution in [0.1, 0.15) is 29.7 Å². The van der Waals surface area contributed by atoms with Gasteiger partial charge in [-0.3, -0.25) is 0 Å². The van der Waals surface area contributed by atoms with Crippen molar-refractivity contribution in [2.75, 3.05) is 0 Å². The Bertz CT molecular complexity index is 683. The first-order chi connectivity index (χ1) is 10.2. The van der Waals surface area contributed by atoms with E-state index in [1.54, 1.807) is 17.5 Å². The minimum atomic E-state index is 0.334. The average molecular weight is 297 g/mol. The molecule has 3 nitrogen and oxygen atoms in total. The maximum Gasteiger partial charge on any atom is 0.0991 e. The average Bonchev–Trinajstić information content (AvgIpc) is 3.17. The van der Waals surface area contributed by atoms with E-state index in [-0.39, 0.29) is 0 Å². The van der Waals surface area contributed by atoms with Crippen LogP contribution in [0.25, 0.3) is 5.69 Å². The summed E-state index contributed by atoms with van der Waals surface area (Å²) in [4.78, 5) is 4.07. The van der Waals surface area contributed by atoms with E-state index in [0.717, 1.165) is 12.2 Å². The van der Waals surface area contributed by atoms with Crippen molar-refractivity contribution in [3.63, 3.8) is 0 Å². The number of thiophene rings is 1. The normalized spacial score (nSPS) is 12.5. The van der Waals surface area contributed by atoms with Crippen molar-refractivity contribution in [2.24, 2.45) is 0 Å². The Morgan fingerprint density at radius 3 is 2.67 bits per heavy atom. The molecular formula is C17H19N3S. The molecule has 0 aliphatic rings. The molecule has 0 fully saturated rings. The fourth-order valence-electron chi connectivity index (χ4n) is 2.30. The lowest BCUT2D eigenvalue weighted by Crippen LogP contribution is -2.18. The number of rotatable bonds is 5. The topological polar surface area (TPSA) is 29.9 Å². The Kier molecular flexibility index (Phi) is 4.18. The van der Waals surface area contributed by atoms with E-state index in [9.17, 15) is 0 Å². The van der Waals surface area contributed by atoms with Crippen LogP contribution >= 0.6 is 11.3 Å². The summed E-state index contributed by atoms with van der Waals surface area (Å²) in [5, 5.41) is 8.00. The number of hydrogen-bond acceptors (Lipinski definition) is 3.